The summed E-state index contributed by atoms with van der Waals surface area (Å²) in [6.07, 6.45) is 1.70. The molecule has 0 aliphatic carbocycles. The smallest absolute Gasteiger partial charge is 0.338 e. The zero-order chi connectivity index (χ0) is 32.5. The van der Waals surface area contributed by atoms with Gasteiger partial charge in [0.2, 0.25) is 6.79 Å². The van der Waals surface area contributed by atoms with E-state index in [1.54, 1.807) is 61.5 Å². The van der Waals surface area contributed by atoms with Crippen molar-refractivity contribution in [2.45, 2.75) is 19.6 Å². The Morgan fingerprint density at radius 3 is 2.62 bits per heavy atom. The number of benzene rings is 4. The number of esters is 1. The number of thiazole rings is 1. The van der Waals surface area contributed by atoms with Crippen LogP contribution in [0.25, 0.3) is 11.8 Å². The monoisotopic (exact) mass is 668 g/mol. The number of rotatable bonds is 8. The molecule has 0 bridgehead atoms. The van der Waals surface area contributed by atoms with Crippen molar-refractivity contribution in [3.05, 3.63) is 149 Å². The molecule has 5 aromatic rings. The van der Waals surface area contributed by atoms with E-state index in [1.165, 1.54) is 28.0 Å². The molecule has 2 aliphatic heterocycles. The Morgan fingerprint density at radius 1 is 1.04 bits per heavy atom. The maximum Gasteiger partial charge on any atom is 0.338 e. The van der Waals surface area contributed by atoms with E-state index in [-0.39, 0.29) is 37.0 Å². The molecular formula is C36H26ClFN2O6S. The zero-order valence-electron chi connectivity index (χ0n) is 24.9. The minimum absolute atomic E-state index is 0.0720. The molecule has 0 radical (unpaired) electrons. The summed E-state index contributed by atoms with van der Waals surface area (Å²) in [5, 5.41) is 0.451. The number of carbonyl (C=O) groups excluding carboxylic acids is 1. The average Bonchev–Trinajstić information content (AvgIpc) is 3.68. The van der Waals surface area contributed by atoms with E-state index in [9.17, 15) is 14.0 Å². The molecule has 7 rings (SSSR count). The third-order valence-electron chi connectivity index (χ3n) is 7.65. The lowest BCUT2D eigenvalue weighted by atomic mass is 9.93. The Labute approximate surface area is 277 Å². The van der Waals surface area contributed by atoms with Crippen molar-refractivity contribution in [1.82, 2.24) is 4.57 Å². The lowest BCUT2D eigenvalue weighted by molar-refractivity contribution is -0.138. The summed E-state index contributed by atoms with van der Waals surface area (Å²) in [7, 11) is 0. The van der Waals surface area contributed by atoms with Crippen LogP contribution in [0.15, 0.2) is 106 Å². The number of halogens is 2. The first kappa shape index (κ1) is 30.5. The van der Waals surface area contributed by atoms with Gasteiger partial charge in [-0.05, 0) is 66.6 Å². The molecule has 0 unspecified atom stereocenters. The summed E-state index contributed by atoms with van der Waals surface area (Å²) in [5.74, 6) is 0.637. The van der Waals surface area contributed by atoms with Gasteiger partial charge in [-0.15, -0.1) is 0 Å². The Bertz CT molecular complexity index is 2210. The fraction of sp³-hybridized carbons (Fsp3) is 0.139. The first-order chi connectivity index (χ1) is 22.9. The van der Waals surface area contributed by atoms with Gasteiger partial charge in [-0.3, -0.25) is 9.36 Å². The first-order valence-corrected chi connectivity index (χ1v) is 15.9. The molecule has 1 aromatic heterocycles. The molecule has 0 saturated heterocycles. The Kier molecular flexibility index (Phi) is 8.36. The number of ether oxygens (including phenoxy) is 4. The summed E-state index contributed by atoms with van der Waals surface area (Å²) in [4.78, 5) is 33.4. The van der Waals surface area contributed by atoms with Gasteiger partial charge in [-0.2, -0.15) is 0 Å². The van der Waals surface area contributed by atoms with Crippen LogP contribution in [-0.4, -0.2) is 23.9 Å². The summed E-state index contributed by atoms with van der Waals surface area (Å²) >= 11 is 7.57. The fourth-order valence-corrected chi connectivity index (χ4v) is 6.66. The maximum absolute atomic E-state index is 14.4. The van der Waals surface area contributed by atoms with Crippen LogP contribution in [0.1, 0.15) is 35.2 Å². The van der Waals surface area contributed by atoms with Gasteiger partial charge >= 0.3 is 5.97 Å². The van der Waals surface area contributed by atoms with E-state index in [1.807, 2.05) is 30.3 Å². The summed E-state index contributed by atoms with van der Waals surface area (Å²) in [5.41, 5.74) is 2.93. The van der Waals surface area contributed by atoms with Crippen LogP contribution >= 0.6 is 22.9 Å². The summed E-state index contributed by atoms with van der Waals surface area (Å²) in [6.45, 7) is 2.12. The quantitative estimate of drug-likeness (QED) is 0.188. The second kappa shape index (κ2) is 12.9. The number of aromatic nitrogens is 1. The Morgan fingerprint density at radius 2 is 1.83 bits per heavy atom. The van der Waals surface area contributed by atoms with Gasteiger partial charge < -0.3 is 18.9 Å². The molecule has 0 amide bonds. The molecule has 47 heavy (non-hydrogen) atoms. The van der Waals surface area contributed by atoms with Crippen molar-refractivity contribution < 1.29 is 28.1 Å². The van der Waals surface area contributed by atoms with E-state index >= 15 is 0 Å². The lowest BCUT2D eigenvalue weighted by Gasteiger charge is -2.26. The first-order valence-electron chi connectivity index (χ1n) is 14.7. The molecule has 236 valence electrons. The van der Waals surface area contributed by atoms with Gasteiger partial charge in [-0.1, -0.05) is 71.5 Å². The van der Waals surface area contributed by atoms with Gasteiger partial charge in [0, 0.05) is 16.1 Å². The molecule has 3 heterocycles. The molecule has 0 N–H and O–H groups in total. The zero-order valence-corrected chi connectivity index (χ0v) is 26.5. The van der Waals surface area contributed by atoms with Crippen molar-refractivity contribution in [2.75, 3.05) is 13.4 Å². The molecule has 4 aromatic carbocycles. The number of carbonyl (C=O) groups is 1. The predicted octanol–water partition coefficient (Wildman–Crippen LogP) is 6.04. The number of nitrogens with zero attached hydrogens (tertiary/aromatic N) is 2. The van der Waals surface area contributed by atoms with Crippen LogP contribution < -0.4 is 29.1 Å². The van der Waals surface area contributed by atoms with Crippen LogP contribution in [0, 0.1) is 5.82 Å². The van der Waals surface area contributed by atoms with Crippen molar-refractivity contribution in [3.8, 4) is 17.2 Å². The highest BCUT2D eigenvalue weighted by atomic mass is 35.5. The Balaban J connectivity index is 1.41. The predicted molar refractivity (Wildman–Crippen MR) is 176 cm³/mol. The number of hydrogen-bond acceptors (Lipinski definition) is 8. The van der Waals surface area contributed by atoms with E-state index in [0.717, 1.165) is 5.56 Å². The highest BCUT2D eigenvalue weighted by Crippen LogP contribution is 2.40. The van der Waals surface area contributed by atoms with Crippen LogP contribution in [0.4, 0.5) is 4.39 Å². The van der Waals surface area contributed by atoms with Crippen molar-refractivity contribution in [1.29, 1.82) is 0 Å². The van der Waals surface area contributed by atoms with Gasteiger partial charge in [-0.25, -0.2) is 14.2 Å². The summed E-state index contributed by atoms with van der Waals surface area (Å²) < 4.78 is 38.1. The van der Waals surface area contributed by atoms with E-state index in [0.29, 0.717) is 54.0 Å². The van der Waals surface area contributed by atoms with Gasteiger partial charge in [0.25, 0.3) is 5.56 Å². The number of fused-ring (bicyclic) bond motifs is 2. The van der Waals surface area contributed by atoms with Crippen LogP contribution in [0.2, 0.25) is 5.02 Å². The van der Waals surface area contributed by atoms with Gasteiger partial charge in [0.15, 0.2) is 16.3 Å². The maximum atomic E-state index is 14.4. The molecule has 1 atom stereocenters. The minimum Gasteiger partial charge on any atom is -0.488 e. The van der Waals surface area contributed by atoms with Crippen LogP contribution in [-0.2, 0) is 16.1 Å². The standard InChI is InChI=1S/C36H26ClFN2O6S/c1-2-43-35(42)31-32(22-6-4-3-5-7-22)39-36-40(33(31)23-10-14-28-29(17-23)46-20-45-28)34(41)30(47-36)18-24-16-25(37)11-15-27(24)44-19-21-8-12-26(38)13-9-21/h3-18,33H,2,19-20H2,1H3/b30-18-/t33-/m1/s1. The molecule has 0 saturated carbocycles. The van der Waals surface area contributed by atoms with Crippen LogP contribution in [0.3, 0.4) is 0 Å². The summed E-state index contributed by atoms with van der Waals surface area (Å²) in [6, 6.07) is 24.9. The molecule has 2 aliphatic rings. The minimum atomic E-state index is -0.884. The molecule has 0 fully saturated rings. The third-order valence-corrected chi connectivity index (χ3v) is 8.87. The highest BCUT2D eigenvalue weighted by molar-refractivity contribution is 7.07. The van der Waals surface area contributed by atoms with E-state index in [4.69, 9.17) is 35.5 Å². The van der Waals surface area contributed by atoms with Crippen molar-refractivity contribution in [3.63, 3.8) is 0 Å². The topological polar surface area (TPSA) is 88.4 Å². The second-order valence-corrected chi connectivity index (χ2v) is 12.1. The largest absolute Gasteiger partial charge is 0.488 e. The average molecular weight is 669 g/mol. The lowest BCUT2D eigenvalue weighted by Crippen LogP contribution is -2.40. The van der Waals surface area contributed by atoms with Gasteiger partial charge in [0.05, 0.1) is 28.5 Å². The molecular weight excluding hydrogens is 643 g/mol. The van der Waals surface area contributed by atoms with Crippen molar-refractivity contribution >= 4 is 40.7 Å². The normalized spacial score (nSPS) is 15.3. The highest BCUT2D eigenvalue weighted by Gasteiger charge is 2.36. The molecule has 11 heteroatoms. The SMILES string of the molecule is CCOC(=O)C1=C(c2ccccc2)N=c2s/c(=C\c3cc(Cl)ccc3OCc3ccc(F)cc3)c(=O)n2[C@@H]1c1ccc2c(c1)OCO2. The second-order valence-electron chi connectivity index (χ2n) is 10.6. The Hall–Kier alpha value is -5.19. The fourth-order valence-electron chi connectivity index (χ4n) is 5.49. The van der Waals surface area contributed by atoms with E-state index < -0.39 is 12.0 Å². The number of hydrogen-bond donors (Lipinski definition) is 0. The van der Waals surface area contributed by atoms with Crippen molar-refractivity contribution in [2.24, 2.45) is 4.99 Å². The van der Waals surface area contributed by atoms with E-state index in [2.05, 4.69) is 0 Å². The van der Waals surface area contributed by atoms with Crippen LogP contribution in [0.5, 0.6) is 17.2 Å². The molecule has 0 spiro atoms. The molecule has 8 nitrogen and oxygen atoms in total. The third kappa shape index (κ3) is 6.05. The van der Waals surface area contributed by atoms with Gasteiger partial charge in [0.1, 0.15) is 18.2 Å².